The molecule has 102 heavy (non-hydrogen) atoms. The summed E-state index contributed by atoms with van der Waals surface area (Å²) in [5, 5.41) is 17.5. The van der Waals surface area contributed by atoms with Gasteiger partial charge in [-0.05, 0) is 139 Å². The fraction of sp³-hybridized carbons (Fsp3) is 0.547. The maximum atomic E-state index is 14.0. The second-order valence-corrected chi connectivity index (χ2v) is 30.6. The third kappa shape index (κ3) is 21.7. The number of unbranched alkanes of at least 4 members (excludes halogenated alkanes) is 4. The molecule has 3 aliphatic rings. The number of rotatable bonds is 38. The van der Waals surface area contributed by atoms with E-state index < -0.39 is 21.6 Å². The fourth-order valence-electron chi connectivity index (χ4n) is 14.0. The number of carbonyl (C=O) groups excluding carboxylic acids is 6. The van der Waals surface area contributed by atoms with Crippen molar-refractivity contribution in [2.45, 2.75) is 159 Å². The van der Waals surface area contributed by atoms with Gasteiger partial charge in [-0.3, -0.25) is 24.0 Å². The minimum Gasteiger partial charge on any atom is -0.744 e. The lowest BCUT2D eigenvalue weighted by Gasteiger charge is -2.35. The Hall–Kier alpha value is -7.16. The van der Waals surface area contributed by atoms with Gasteiger partial charge in [-0.15, -0.1) is 0 Å². The number of carbonyl (C=O) groups is 6. The van der Waals surface area contributed by atoms with Crippen molar-refractivity contribution in [3.05, 3.63) is 122 Å². The molecule has 1 aromatic heterocycles. The van der Waals surface area contributed by atoms with E-state index in [1.54, 1.807) is 59.1 Å². The molecule has 23 nitrogen and oxygen atoms in total. The zero-order valence-corrected chi connectivity index (χ0v) is 63.6. The van der Waals surface area contributed by atoms with Crippen molar-refractivity contribution in [1.29, 1.82) is 0 Å². The maximum Gasteiger partial charge on any atom is 0.315 e. The largest absolute Gasteiger partial charge is 0.744 e. The first kappa shape index (κ1) is 80.5. The Labute approximate surface area is 616 Å². The van der Waals surface area contributed by atoms with Gasteiger partial charge in [0.05, 0.1) is 66.2 Å². The lowest BCUT2D eigenvalue weighted by atomic mass is 9.78. The van der Waals surface area contributed by atoms with E-state index in [2.05, 4.69) is 90.6 Å². The van der Waals surface area contributed by atoms with Gasteiger partial charge < -0.3 is 59.6 Å². The van der Waals surface area contributed by atoms with Crippen LogP contribution in [0.1, 0.15) is 150 Å². The maximum absolute atomic E-state index is 14.0. The Balaban J connectivity index is 0.601. The quantitative estimate of drug-likeness (QED) is 0.0163. The number of amides is 7. The van der Waals surface area contributed by atoms with Gasteiger partial charge >= 0.3 is 6.03 Å². The average Bonchev–Trinajstić information content (AvgIpc) is 1.61. The standard InChI is InChI=1S/C75H102Cl3N11O12S/c1-51-21-28-61-58(46-51)74(3,4)64(86(61)9)18-12-10-13-19-65-75(5,6)59-48-57(102(96,97)98)27-30-62(59)88(65)37-15-11-14-20-68(92)84(7)49-66(90)79-34-16-40-99-42-44-101-45-43-100-41-17-35-80-67(91)50-85(8)69(93)31-36-81-73(95)82-56-32-38-87(39-33-56)72(94)70-52(2)71(53-22-24-54(76)25-23-53)89(83-70)63-29-26-55(77)47-60(63)78/h21-30,46-48,56,65H,10-20,31-45,49-50H2,1-9H3,(H4-,79,80,81,82,90,91,95,96,97,98). The third-order valence-electron chi connectivity index (χ3n) is 19.7. The van der Waals surface area contributed by atoms with Crippen LogP contribution in [0.25, 0.3) is 16.9 Å². The van der Waals surface area contributed by atoms with Gasteiger partial charge in [0.25, 0.3) is 5.91 Å². The molecule has 0 radical (unpaired) electrons. The van der Waals surface area contributed by atoms with Crippen molar-refractivity contribution in [1.82, 2.24) is 45.7 Å². The van der Waals surface area contributed by atoms with Gasteiger partial charge in [0.1, 0.15) is 17.2 Å². The predicted molar refractivity (Wildman–Crippen MR) is 397 cm³/mol. The molecule has 0 aliphatic carbocycles. The van der Waals surface area contributed by atoms with Crippen LogP contribution in [0.2, 0.25) is 15.1 Å². The third-order valence-corrected chi connectivity index (χ3v) is 21.3. The molecule has 0 saturated carbocycles. The van der Waals surface area contributed by atoms with Crippen molar-refractivity contribution < 1.29 is 60.5 Å². The Morgan fingerprint density at radius 2 is 1.26 bits per heavy atom. The predicted octanol–water partition coefficient (Wildman–Crippen LogP) is 10.7. The molecule has 4 aromatic carbocycles. The molecule has 0 spiro atoms. The minimum absolute atomic E-state index is 0.00404. The number of likely N-dealkylation sites (tertiary alicyclic amines) is 1. The molecule has 27 heteroatoms. The zero-order valence-electron chi connectivity index (χ0n) is 60.5. The first-order valence-corrected chi connectivity index (χ1v) is 38.1. The highest BCUT2D eigenvalue weighted by Gasteiger charge is 2.46. The number of aryl methyl sites for hydroxylation is 1. The van der Waals surface area contributed by atoms with E-state index in [9.17, 15) is 41.7 Å². The number of ether oxygens (including phenoxy) is 3. The van der Waals surface area contributed by atoms with E-state index in [4.69, 9.17) is 54.1 Å². The van der Waals surface area contributed by atoms with E-state index in [1.165, 1.54) is 45.4 Å². The van der Waals surface area contributed by atoms with E-state index in [0.29, 0.717) is 136 Å². The second-order valence-electron chi connectivity index (χ2n) is 27.9. The van der Waals surface area contributed by atoms with Gasteiger partial charge in [0, 0.05) is 142 Å². The van der Waals surface area contributed by atoms with Crippen LogP contribution < -0.4 is 26.2 Å². The van der Waals surface area contributed by atoms with Crippen molar-refractivity contribution >= 4 is 97.6 Å². The molecule has 3 aliphatic heterocycles. The summed E-state index contributed by atoms with van der Waals surface area (Å²) in [6.07, 6.45) is 9.76. The number of anilines is 1. The second kappa shape index (κ2) is 37.5. The van der Waals surface area contributed by atoms with Crippen molar-refractivity contribution in [2.75, 3.05) is 118 Å². The summed E-state index contributed by atoms with van der Waals surface area (Å²) in [6, 6.07) is 23.3. The number of hydrogen-bond donors (Lipinski definition) is 4. The van der Waals surface area contributed by atoms with Crippen LogP contribution in [-0.4, -0.2) is 209 Å². The van der Waals surface area contributed by atoms with E-state index >= 15 is 0 Å². The van der Waals surface area contributed by atoms with Crippen LogP contribution in [0.3, 0.4) is 0 Å². The van der Waals surface area contributed by atoms with E-state index in [1.807, 2.05) is 19.1 Å². The SMILES string of the molecule is Cc1ccc2c(c1)C(C)(C)C(CCCCCC1N(CCCCCC(=O)N(C)CC(=O)NCCCOCCOCCOCCCNC(=O)CN(C)C(=O)CCNC(=O)NC3CCN(C(=O)c4nn(-c5ccc(Cl)cc5Cl)c(-c5ccc(Cl)cc5)c4C)CC3)c3ccc(S(=O)(=O)[O-])cc3C1(C)C)=[N+]2C. The first-order chi connectivity index (χ1) is 48.6. The molecule has 1 unspecified atom stereocenters. The van der Waals surface area contributed by atoms with Gasteiger partial charge in [0.2, 0.25) is 29.3 Å². The fourth-order valence-corrected chi connectivity index (χ4v) is 15.1. The summed E-state index contributed by atoms with van der Waals surface area (Å²) in [5.74, 6) is -1.23. The van der Waals surface area contributed by atoms with Crippen LogP contribution in [0.4, 0.5) is 16.2 Å². The highest BCUT2D eigenvalue weighted by molar-refractivity contribution is 7.85. The highest BCUT2D eigenvalue weighted by atomic mass is 35.5. The number of nitrogens with one attached hydrogen (secondary N) is 4. The summed E-state index contributed by atoms with van der Waals surface area (Å²) in [6.45, 7) is 17.3. The number of hydrogen-bond acceptors (Lipinski definition) is 14. The number of benzene rings is 4. The topological polar surface area (TPSA) is 269 Å². The molecular formula is C75H102Cl3N11O12S. The zero-order chi connectivity index (χ0) is 73.9. The number of nitrogens with zero attached hydrogens (tertiary/aromatic N) is 7. The molecule has 556 valence electrons. The Morgan fingerprint density at radius 1 is 0.667 bits per heavy atom. The number of fused-ring (bicyclic) bond motifs is 2. The highest BCUT2D eigenvalue weighted by Crippen LogP contribution is 2.48. The molecule has 1 atom stereocenters. The van der Waals surface area contributed by atoms with Crippen LogP contribution in [-0.2, 0) is 54.3 Å². The monoisotopic (exact) mass is 1490 g/mol. The summed E-state index contributed by atoms with van der Waals surface area (Å²) >= 11 is 19.0. The van der Waals surface area contributed by atoms with Crippen molar-refractivity contribution in [3.63, 3.8) is 0 Å². The first-order valence-electron chi connectivity index (χ1n) is 35.5. The number of aromatic nitrogens is 2. The smallest absolute Gasteiger partial charge is 0.315 e. The molecule has 0 bridgehead atoms. The number of likely N-dealkylation sites (N-methyl/N-ethyl adjacent to an activating group) is 2. The molecule has 1 fully saturated rings. The molecule has 5 aromatic rings. The molecule has 7 amide bonds. The van der Waals surface area contributed by atoms with Gasteiger partial charge in [-0.25, -0.2) is 22.5 Å². The van der Waals surface area contributed by atoms with E-state index in [-0.39, 0.29) is 83.7 Å². The normalized spacial score (nSPS) is 15.5. The van der Waals surface area contributed by atoms with Gasteiger partial charge in [-0.1, -0.05) is 91.7 Å². The molecule has 4 N–H and O–H groups in total. The molecule has 8 rings (SSSR count). The Kier molecular flexibility index (Phi) is 29.6. The number of halogens is 3. The molecule has 1 saturated heterocycles. The summed E-state index contributed by atoms with van der Waals surface area (Å²) in [5.41, 5.74) is 9.74. The summed E-state index contributed by atoms with van der Waals surface area (Å²) < 4.78 is 57.3. The number of urea groups is 1. The van der Waals surface area contributed by atoms with Crippen LogP contribution in [0.15, 0.2) is 83.8 Å². The van der Waals surface area contributed by atoms with Gasteiger partial charge in [-0.2, -0.15) is 5.10 Å². The van der Waals surface area contributed by atoms with Crippen LogP contribution in [0.5, 0.6) is 0 Å². The Bertz CT molecular complexity index is 3900. The summed E-state index contributed by atoms with van der Waals surface area (Å²) in [7, 11) is 0.708. The van der Waals surface area contributed by atoms with Crippen LogP contribution in [0, 0.1) is 13.8 Å². The van der Waals surface area contributed by atoms with Crippen LogP contribution >= 0.6 is 34.8 Å². The molecule has 4 heterocycles. The summed E-state index contributed by atoms with van der Waals surface area (Å²) in [4.78, 5) is 84.6. The lowest BCUT2D eigenvalue weighted by Crippen LogP contribution is -2.49. The lowest BCUT2D eigenvalue weighted by molar-refractivity contribution is -0.404. The Morgan fingerprint density at radius 3 is 1.89 bits per heavy atom. The van der Waals surface area contributed by atoms with E-state index in [0.717, 1.165) is 68.3 Å². The van der Waals surface area contributed by atoms with Crippen molar-refractivity contribution in [2.24, 2.45) is 0 Å². The number of piperidine rings is 1. The van der Waals surface area contributed by atoms with Gasteiger partial charge in [0.15, 0.2) is 11.4 Å². The average molecular weight is 1490 g/mol. The molecular weight excluding hydrogens is 1390 g/mol. The van der Waals surface area contributed by atoms with Crippen molar-refractivity contribution in [3.8, 4) is 16.9 Å². The minimum atomic E-state index is -4.63.